The molecule has 1 rings (SSSR count). The minimum absolute atomic E-state index is 0.0703. The van der Waals surface area contributed by atoms with Gasteiger partial charge in [-0.3, -0.25) is 0 Å². The Morgan fingerprint density at radius 1 is 1.37 bits per heavy atom. The zero-order valence-corrected chi connectivity index (χ0v) is 12.6. The van der Waals surface area contributed by atoms with Gasteiger partial charge in [-0.25, -0.2) is 17.5 Å². The predicted octanol–water partition coefficient (Wildman–Crippen LogP) is 1.000. The minimum Gasteiger partial charge on any atom is -0.394 e. The second kappa shape index (κ2) is 6.27. The molecule has 19 heavy (non-hydrogen) atoms. The van der Waals surface area contributed by atoms with E-state index in [-0.39, 0.29) is 15.8 Å². The Morgan fingerprint density at radius 2 is 1.95 bits per heavy atom. The van der Waals surface area contributed by atoms with Crippen LogP contribution >= 0.6 is 15.9 Å². The van der Waals surface area contributed by atoms with Crippen LogP contribution in [-0.2, 0) is 10.0 Å². The molecule has 0 aliphatic rings. The molecule has 5 nitrogen and oxygen atoms in total. The number of hydrogen-bond donors (Lipinski definition) is 3. The number of halogens is 2. The average Bonchev–Trinajstić information content (AvgIpc) is 2.35. The van der Waals surface area contributed by atoms with Crippen LogP contribution in [0.3, 0.4) is 0 Å². The number of sulfonamides is 1. The summed E-state index contributed by atoms with van der Waals surface area (Å²) in [6.45, 7) is 0.546. The van der Waals surface area contributed by atoms with Gasteiger partial charge in [-0.1, -0.05) is 6.92 Å². The van der Waals surface area contributed by atoms with Crippen LogP contribution in [0.5, 0.6) is 0 Å². The molecule has 0 amide bonds. The fourth-order valence-electron chi connectivity index (χ4n) is 1.44. The molecule has 0 fully saturated rings. The van der Waals surface area contributed by atoms with Crippen molar-refractivity contribution >= 4 is 26.0 Å². The molecule has 8 heteroatoms. The molecule has 0 aliphatic carbocycles. The first-order valence-corrected chi connectivity index (χ1v) is 7.78. The monoisotopic (exact) mass is 355 g/mol. The first kappa shape index (κ1) is 16.5. The van der Waals surface area contributed by atoms with E-state index in [1.807, 2.05) is 0 Å². The molecule has 0 radical (unpaired) electrons. The summed E-state index contributed by atoms with van der Waals surface area (Å²) in [5, 5.41) is 18.5. The summed E-state index contributed by atoms with van der Waals surface area (Å²) >= 11 is 2.97. The van der Waals surface area contributed by atoms with Crippen molar-refractivity contribution in [3.05, 3.63) is 28.5 Å². The molecule has 0 aromatic heterocycles. The molecule has 0 aliphatic heterocycles. The van der Waals surface area contributed by atoms with Crippen molar-refractivity contribution in [3.63, 3.8) is 0 Å². The smallest absolute Gasteiger partial charge is 0.242 e. The minimum atomic E-state index is -3.99. The lowest BCUT2D eigenvalue weighted by atomic mass is 10.0. The molecule has 0 bridgehead atoms. The van der Waals surface area contributed by atoms with Crippen LogP contribution in [-0.4, -0.2) is 37.4 Å². The molecular weight excluding hydrogens is 341 g/mol. The first-order chi connectivity index (χ1) is 8.80. The van der Waals surface area contributed by atoms with Gasteiger partial charge in [0.1, 0.15) is 5.82 Å². The number of benzene rings is 1. The maximum atomic E-state index is 12.9. The maximum absolute atomic E-state index is 12.9. The largest absolute Gasteiger partial charge is 0.394 e. The Kier molecular flexibility index (Phi) is 5.45. The van der Waals surface area contributed by atoms with E-state index in [0.717, 1.165) is 18.2 Å². The molecule has 108 valence electrons. The van der Waals surface area contributed by atoms with Gasteiger partial charge in [-0.15, -0.1) is 0 Å². The Labute approximate surface area is 119 Å². The topological polar surface area (TPSA) is 86.6 Å². The summed E-state index contributed by atoms with van der Waals surface area (Å²) in [6.07, 6.45) is 0.206. The summed E-state index contributed by atoms with van der Waals surface area (Å²) in [4.78, 5) is -0.159. The van der Waals surface area contributed by atoms with E-state index >= 15 is 0 Å². The SMILES string of the molecule is CCC(CO)(CO)NS(=O)(=O)c1ccc(F)cc1Br. The van der Waals surface area contributed by atoms with Crippen LogP contribution in [0.25, 0.3) is 0 Å². The van der Waals surface area contributed by atoms with Crippen molar-refractivity contribution in [2.45, 2.75) is 23.8 Å². The van der Waals surface area contributed by atoms with Crippen molar-refractivity contribution in [2.24, 2.45) is 0 Å². The molecule has 0 saturated carbocycles. The van der Waals surface area contributed by atoms with Gasteiger partial charge in [0.25, 0.3) is 0 Å². The van der Waals surface area contributed by atoms with E-state index in [2.05, 4.69) is 20.7 Å². The molecule has 0 spiro atoms. The van der Waals surface area contributed by atoms with Crippen molar-refractivity contribution in [1.82, 2.24) is 4.72 Å². The third kappa shape index (κ3) is 3.73. The predicted molar refractivity (Wildman–Crippen MR) is 71.6 cm³/mol. The molecule has 1 aromatic rings. The van der Waals surface area contributed by atoms with Crippen LogP contribution < -0.4 is 4.72 Å². The van der Waals surface area contributed by atoms with Crippen molar-refractivity contribution in [1.29, 1.82) is 0 Å². The Balaban J connectivity index is 3.17. The molecule has 1 aromatic carbocycles. The summed E-state index contributed by atoms with van der Waals surface area (Å²) in [6, 6.07) is 3.15. The van der Waals surface area contributed by atoms with Gasteiger partial charge in [0, 0.05) is 4.47 Å². The third-order valence-electron chi connectivity index (χ3n) is 2.82. The highest BCUT2D eigenvalue weighted by Gasteiger charge is 2.33. The second-order valence-electron chi connectivity index (χ2n) is 4.13. The van der Waals surface area contributed by atoms with Gasteiger partial charge in [-0.2, -0.15) is 0 Å². The van der Waals surface area contributed by atoms with E-state index in [1.54, 1.807) is 6.92 Å². The van der Waals surface area contributed by atoms with Gasteiger partial charge < -0.3 is 10.2 Å². The van der Waals surface area contributed by atoms with Crippen LogP contribution in [0.4, 0.5) is 4.39 Å². The Hall–Kier alpha value is -0.540. The van der Waals surface area contributed by atoms with Gasteiger partial charge in [0.15, 0.2) is 0 Å². The summed E-state index contributed by atoms with van der Waals surface area (Å²) in [5.74, 6) is -0.572. The van der Waals surface area contributed by atoms with E-state index < -0.39 is 34.6 Å². The van der Waals surface area contributed by atoms with Crippen molar-refractivity contribution < 1.29 is 23.0 Å². The number of aliphatic hydroxyl groups excluding tert-OH is 2. The highest BCUT2D eigenvalue weighted by Crippen LogP contribution is 2.24. The van der Waals surface area contributed by atoms with E-state index in [4.69, 9.17) is 0 Å². The maximum Gasteiger partial charge on any atom is 0.242 e. The molecule has 0 unspecified atom stereocenters. The Bertz CT molecular complexity index is 537. The van der Waals surface area contributed by atoms with E-state index in [9.17, 15) is 23.0 Å². The first-order valence-electron chi connectivity index (χ1n) is 5.51. The van der Waals surface area contributed by atoms with Gasteiger partial charge in [0.2, 0.25) is 10.0 Å². The molecule has 0 saturated heterocycles. The fraction of sp³-hybridized carbons (Fsp3) is 0.455. The second-order valence-corrected chi connectivity index (χ2v) is 6.64. The molecule has 3 N–H and O–H groups in total. The van der Waals surface area contributed by atoms with E-state index in [1.165, 1.54) is 0 Å². The highest BCUT2D eigenvalue weighted by atomic mass is 79.9. The number of aliphatic hydroxyl groups is 2. The molecular formula is C11H15BrFNO4S. The lowest BCUT2D eigenvalue weighted by Crippen LogP contribution is -2.53. The highest BCUT2D eigenvalue weighted by molar-refractivity contribution is 9.10. The number of rotatable bonds is 6. The van der Waals surface area contributed by atoms with Crippen LogP contribution in [0.2, 0.25) is 0 Å². The summed E-state index contributed by atoms with van der Waals surface area (Å²) in [5.41, 5.74) is -1.34. The zero-order valence-electron chi connectivity index (χ0n) is 10.2. The summed E-state index contributed by atoms with van der Waals surface area (Å²) in [7, 11) is -3.99. The lowest BCUT2D eigenvalue weighted by Gasteiger charge is -2.29. The van der Waals surface area contributed by atoms with Crippen LogP contribution in [0.15, 0.2) is 27.6 Å². The average molecular weight is 356 g/mol. The van der Waals surface area contributed by atoms with Gasteiger partial charge in [0.05, 0.1) is 23.6 Å². The van der Waals surface area contributed by atoms with Crippen molar-refractivity contribution in [2.75, 3.05) is 13.2 Å². The molecule has 0 atom stereocenters. The van der Waals surface area contributed by atoms with E-state index in [0.29, 0.717) is 0 Å². The normalized spacial score (nSPS) is 12.7. The molecule has 0 heterocycles. The van der Waals surface area contributed by atoms with Crippen LogP contribution in [0.1, 0.15) is 13.3 Å². The quantitative estimate of drug-likeness (QED) is 0.710. The van der Waals surface area contributed by atoms with Crippen LogP contribution in [0, 0.1) is 5.82 Å². The fourth-order valence-corrected chi connectivity index (χ4v) is 3.95. The van der Waals surface area contributed by atoms with Gasteiger partial charge in [-0.05, 0) is 40.5 Å². The summed E-state index contributed by atoms with van der Waals surface area (Å²) < 4.78 is 39.6. The van der Waals surface area contributed by atoms with Gasteiger partial charge >= 0.3 is 0 Å². The number of nitrogens with one attached hydrogen (secondary N) is 1. The Morgan fingerprint density at radius 3 is 2.37 bits per heavy atom. The lowest BCUT2D eigenvalue weighted by molar-refractivity contribution is 0.105. The van der Waals surface area contributed by atoms with Crippen molar-refractivity contribution in [3.8, 4) is 0 Å². The zero-order chi connectivity index (χ0) is 14.7. The number of hydrogen-bond acceptors (Lipinski definition) is 4. The standard InChI is InChI=1S/C11H15BrFNO4S/c1-2-11(6-15,7-16)14-19(17,18)10-4-3-8(13)5-9(10)12/h3-5,14-16H,2,6-7H2,1H3. The third-order valence-corrected chi connectivity index (χ3v) is 5.37.